The molecule has 1 unspecified atom stereocenters. The van der Waals surface area contributed by atoms with Gasteiger partial charge in [0.25, 0.3) is 11.8 Å². The van der Waals surface area contributed by atoms with Crippen LogP contribution in [0.2, 0.25) is 0 Å². The zero-order valence-electron chi connectivity index (χ0n) is 21.7. The Kier molecular flexibility index (Phi) is 9.52. The van der Waals surface area contributed by atoms with Gasteiger partial charge in [-0.1, -0.05) is 22.6 Å². The number of carbonyl (C=O) groups is 2. The standard InChI is InChI=1S/C25H32F2N8O4/c1-25(26,27)39-20-8-4-6-18(12-20)13-28-23(36)21-15-34(32-30-21)9-2-3-10-35-16-22(31-33-35)24(37)29-14-19-7-5-11-38-17-19/h4,6,8,12,15-16,19H,2-3,5,7,9-11,13-14,17H2,1H3,(H,28,36)(H,29,37). The topological polar surface area (TPSA) is 138 Å². The Hall–Kier alpha value is -3.94. The number of hydrogen-bond acceptors (Lipinski definition) is 8. The van der Waals surface area contributed by atoms with E-state index in [2.05, 4.69) is 36.0 Å². The first kappa shape index (κ1) is 28.1. The number of nitrogens with zero attached hydrogens (tertiary/aromatic N) is 6. The third-order valence-electron chi connectivity index (χ3n) is 6.02. The summed E-state index contributed by atoms with van der Waals surface area (Å²) in [5.41, 5.74) is 1.03. The predicted molar refractivity (Wildman–Crippen MR) is 134 cm³/mol. The average molecular weight is 547 g/mol. The summed E-state index contributed by atoms with van der Waals surface area (Å²) in [4.78, 5) is 24.7. The first-order chi connectivity index (χ1) is 18.7. The number of nitrogens with one attached hydrogen (secondary N) is 2. The Bertz CT molecular complexity index is 1240. The molecule has 210 valence electrons. The van der Waals surface area contributed by atoms with Gasteiger partial charge in [0, 0.05) is 39.7 Å². The van der Waals surface area contributed by atoms with Gasteiger partial charge >= 0.3 is 6.11 Å². The summed E-state index contributed by atoms with van der Waals surface area (Å²) in [5, 5.41) is 21.4. The van der Waals surface area contributed by atoms with Crippen molar-refractivity contribution in [3.8, 4) is 5.75 Å². The van der Waals surface area contributed by atoms with E-state index in [0.717, 1.165) is 32.3 Å². The highest BCUT2D eigenvalue weighted by molar-refractivity contribution is 5.92. The third kappa shape index (κ3) is 9.09. The summed E-state index contributed by atoms with van der Waals surface area (Å²) >= 11 is 0. The van der Waals surface area contributed by atoms with Gasteiger partial charge < -0.3 is 20.1 Å². The second kappa shape index (κ2) is 13.2. The van der Waals surface area contributed by atoms with Crippen LogP contribution in [-0.4, -0.2) is 67.7 Å². The molecule has 0 radical (unpaired) electrons. The van der Waals surface area contributed by atoms with E-state index >= 15 is 0 Å². The minimum absolute atomic E-state index is 0.00998. The lowest BCUT2D eigenvalue weighted by atomic mass is 10.0. The molecule has 12 nitrogen and oxygen atoms in total. The van der Waals surface area contributed by atoms with Crippen LogP contribution in [0, 0.1) is 5.92 Å². The molecule has 0 aliphatic carbocycles. The van der Waals surface area contributed by atoms with Gasteiger partial charge in [0.2, 0.25) is 0 Å². The van der Waals surface area contributed by atoms with Gasteiger partial charge in [-0.2, -0.15) is 8.78 Å². The molecule has 39 heavy (non-hydrogen) atoms. The molecule has 1 fully saturated rings. The maximum absolute atomic E-state index is 13.1. The molecule has 3 aromatic rings. The Labute approximate surface area is 224 Å². The van der Waals surface area contributed by atoms with Crippen molar-refractivity contribution in [1.29, 1.82) is 0 Å². The van der Waals surface area contributed by atoms with E-state index in [0.29, 0.717) is 44.6 Å². The van der Waals surface area contributed by atoms with Crippen molar-refractivity contribution in [3.05, 3.63) is 53.6 Å². The van der Waals surface area contributed by atoms with Gasteiger partial charge in [0.1, 0.15) is 5.75 Å². The molecule has 1 aromatic carbocycles. The van der Waals surface area contributed by atoms with E-state index < -0.39 is 12.0 Å². The van der Waals surface area contributed by atoms with E-state index in [9.17, 15) is 18.4 Å². The third-order valence-corrected chi connectivity index (χ3v) is 6.02. The predicted octanol–water partition coefficient (Wildman–Crippen LogP) is 2.43. The quantitative estimate of drug-likeness (QED) is 0.312. The van der Waals surface area contributed by atoms with Crippen LogP contribution < -0.4 is 15.4 Å². The number of aryl methyl sites for hydroxylation is 2. The number of benzene rings is 1. The highest BCUT2D eigenvalue weighted by Crippen LogP contribution is 2.21. The lowest BCUT2D eigenvalue weighted by Gasteiger charge is -2.21. The highest BCUT2D eigenvalue weighted by atomic mass is 19.3. The SMILES string of the molecule is CC(F)(F)Oc1cccc(CNC(=O)c2cn(CCCCn3cc(C(=O)NCC4CCCOC4)nn3)nn2)c1. The number of amides is 2. The molecular formula is C25H32F2N8O4. The molecule has 0 saturated carbocycles. The van der Waals surface area contributed by atoms with Crippen molar-refractivity contribution in [3.63, 3.8) is 0 Å². The van der Waals surface area contributed by atoms with Gasteiger partial charge in [-0.15, -0.1) is 10.2 Å². The largest absolute Gasteiger partial charge is 0.433 e. The van der Waals surface area contributed by atoms with Gasteiger partial charge in [-0.05, 0) is 49.3 Å². The van der Waals surface area contributed by atoms with E-state index in [4.69, 9.17) is 4.74 Å². The fraction of sp³-hybridized carbons (Fsp3) is 0.520. The number of alkyl halides is 2. The van der Waals surface area contributed by atoms with E-state index in [-0.39, 0.29) is 29.6 Å². The van der Waals surface area contributed by atoms with E-state index in [1.807, 2.05) is 0 Å². The Morgan fingerprint density at radius 1 is 1.08 bits per heavy atom. The van der Waals surface area contributed by atoms with Gasteiger partial charge in [0.05, 0.1) is 19.0 Å². The average Bonchev–Trinajstić information content (AvgIpc) is 3.58. The van der Waals surface area contributed by atoms with Crippen LogP contribution >= 0.6 is 0 Å². The molecule has 1 atom stereocenters. The number of halogens is 2. The van der Waals surface area contributed by atoms with Gasteiger partial charge in [-0.3, -0.25) is 19.0 Å². The first-order valence-corrected chi connectivity index (χ1v) is 12.9. The molecule has 3 heterocycles. The van der Waals surface area contributed by atoms with Crippen LogP contribution in [-0.2, 0) is 24.4 Å². The molecule has 2 amide bonds. The van der Waals surface area contributed by atoms with Crippen molar-refractivity contribution in [1.82, 2.24) is 40.6 Å². The Morgan fingerprint density at radius 3 is 2.36 bits per heavy atom. The number of rotatable bonds is 13. The molecule has 2 aromatic heterocycles. The molecule has 1 aliphatic rings. The molecule has 2 N–H and O–H groups in total. The summed E-state index contributed by atoms with van der Waals surface area (Å²) in [6.45, 7) is 3.90. The van der Waals surface area contributed by atoms with Crippen molar-refractivity contribution in [2.24, 2.45) is 5.92 Å². The Morgan fingerprint density at radius 2 is 1.74 bits per heavy atom. The number of unbranched alkanes of at least 4 members (excludes halogenated alkanes) is 1. The van der Waals surface area contributed by atoms with Gasteiger partial charge in [-0.25, -0.2) is 0 Å². The fourth-order valence-electron chi connectivity index (χ4n) is 4.07. The van der Waals surface area contributed by atoms with E-state index in [1.54, 1.807) is 33.9 Å². The zero-order valence-corrected chi connectivity index (χ0v) is 21.7. The second-order valence-corrected chi connectivity index (χ2v) is 9.47. The normalized spacial score (nSPS) is 15.6. The zero-order chi connectivity index (χ0) is 27.7. The monoisotopic (exact) mass is 546 g/mol. The molecule has 4 rings (SSSR count). The number of carbonyl (C=O) groups excluding carboxylic acids is 2. The smallest absolute Gasteiger partial charge is 0.394 e. The van der Waals surface area contributed by atoms with Crippen molar-refractivity contribution >= 4 is 11.8 Å². The summed E-state index contributed by atoms with van der Waals surface area (Å²) in [6, 6.07) is 6.12. The summed E-state index contributed by atoms with van der Waals surface area (Å²) < 4.78 is 39.3. The maximum atomic E-state index is 13.1. The molecule has 0 bridgehead atoms. The lowest BCUT2D eigenvalue weighted by molar-refractivity contribution is -0.159. The number of aromatic nitrogens is 6. The van der Waals surface area contributed by atoms with Crippen molar-refractivity contribution in [2.75, 3.05) is 19.8 Å². The van der Waals surface area contributed by atoms with Crippen LogP contribution in [0.1, 0.15) is 59.1 Å². The fourth-order valence-corrected chi connectivity index (χ4v) is 4.07. The van der Waals surface area contributed by atoms with Gasteiger partial charge in [0.15, 0.2) is 11.4 Å². The molecular weight excluding hydrogens is 514 g/mol. The minimum Gasteiger partial charge on any atom is -0.433 e. The number of hydrogen-bond donors (Lipinski definition) is 2. The van der Waals surface area contributed by atoms with Crippen molar-refractivity contribution in [2.45, 2.75) is 58.3 Å². The first-order valence-electron chi connectivity index (χ1n) is 12.9. The lowest BCUT2D eigenvalue weighted by Crippen LogP contribution is -2.33. The Balaban J connectivity index is 1.15. The van der Waals surface area contributed by atoms with E-state index in [1.165, 1.54) is 12.1 Å². The molecule has 0 spiro atoms. The van der Waals surface area contributed by atoms with Crippen LogP contribution in [0.4, 0.5) is 8.78 Å². The van der Waals surface area contributed by atoms with Crippen LogP contribution in [0.3, 0.4) is 0 Å². The summed E-state index contributed by atoms with van der Waals surface area (Å²) in [5.74, 6) is -0.338. The summed E-state index contributed by atoms with van der Waals surface area (Å²) in [6.07, 6.45) is 3.42. The maximum Gasteiger partial charge on any atom is 0.394 e. The highest BCUT2D eigenvalue weighted by Gasteiger charge is 2.23. The molecule has 1 aliphatic heterocycles. The number of ether oxygens (including phenoxy) is 2. The van der Waals surface area contributed by atoms with Crippen LogP contribution in [0.25, 0.3) is 0 Å². The van der Waals surface area contributed by atoms with Crippen LogP contribution in [0.5, 0.6) is 5.75 Å². The van der Waals surface area contributed by atoms with Crippen LogP contribution in [0.15, 0.2) is 36.7 Å². The minimum atomic E-state index is -3.29. The molecule has 1 saturated heterocycles. The second-order valence-electron chi connectivity index (χ2n) is 9.47. The van der Waals surface area contributed by atoms with Crippen molar-refractivity contribution < 1.29 is 27.8 Å². The molecule has 14 heteroatoms. The summed E-state index contributed by atoms with van der Waals surface area (Å²) in [7, 11) is 0.